The van der Waals surface area contributed by atoms with Crippen LogP contribution in [0.2, 0.25) is 0 Å². The molecule has 35 heavy (non-hydrogen) atoms. The van der Waals surface area contributed by atoms with E-state index in [2.05, 4.69) is 5.32 Å². The molecule has 0 saturated heterocycles. The number of carbonyl (C=O) groups is 1. The van der Waals surface area contributed by atoms with E-state index in [1.165, 1.54) is 18.2 Å². The van der Waals surface area contributed by atoms with Gasteiger partial charge < -0.3 is 9.47 Å². The van der Waals surface area contributed by atoms with E-state index < -0.39 is 44.5 Å². The molecule has 0 aromatic heterocycles. The number of sulfonamides is 1. The molecule has 0 fully saturated rings. The van der Waals surface area contributed by atoms with Crippen LogP contribution >= 0.6 is 0 Å². The molecule has 1 aliphatic heterocycles. The minimum atomic E-state index is -4.73. The molecule has 1 atom stereocenters. The number of hydrogen-bond donors (Lipinski definition) is 1. The first-order chi connectivity index (χ1) is 16.2. The Labute approximate surface area is 201 Å². The highest BCUT2D eigenvalue weighted by Gasteiger charge is 2.37. The van der Waals surface area contributed by atoms with E-state index in [4.69, 9.17) is 14.7 Å². The van der Waals surface area contributed by atoms with Crippen molar-refractivity contribution in [1.29, 1.82) is 5.26 Å². The van der Waals surface area contributed by atoms with Crippen molar-refractivity contribution in [3.8, 4) is 11.8 Å². The molecule has 1 N–H and O–H groups in total. The second kappa shape index (κ2) is 9.65. The molecule has 0 aliphatic carbocycles. The quantitative estimate of drug-likeness (QED) is 0.583. The number of alkyl halides is 3. The van der Waals surface area contributed by atoms with Crippen molar-refractivity contribution in [2.45, 2.75) is 56.4 Å². The zero-order valence-electron chi connectivity index (χ0n) is 19.2. The standard InChI is InChI=1S/C23H24F3N3O5S/c1-22(2,3)34-21(30)28-16-9-10-20-19(13-16)29(14-17(33-20)7-5-11-27)35(31,32)18-8-4-6-15(12-18)23(24,25)26/h4,6,8-10,12-13,17H,5,7,14H2,1-3H3,(H,28,30). The number of anilines is 2. The van der Waals surface area contributed by atoms with Gasteiger partial charge in [0, 0.05) is 12.1 Å². The first-order valence-corrected chi connectivity index (χ1v) is 12.0. The molecular weight excluding hydrogens is 487 g/mol. The van der Waals surface area contributed by atoms with Crippen LogP contribution in [0.25, 0.3) is 0 Å². The second-order valence-corrected chi connectivity index (χ2v) is 10.7. The van der Waals surface area contributed by atoms with Crippen LogP contribution in [0.1, 0.15) is 39.2 Å². The highest BCUT2D eigenvalue weighted by molar-refractivity contribution is 7.92. The summed E-state index contributed by atoms with van der Waals surface area (Å²) in [4.78, 5) is 11.6. The van der Waals surface area contributed by atoms with E-state index in [0.29, 0.717) is 6.07 Å². The van der Waals surface area contributed by atoms with Crippen molar-refractivity contribution >= 4 is 27.5 Å². The maximum absolute atomic E-state index is 13.5. The third-order valence-corrected chi connectivity index (χ3v) is 6.64. The van der Waals surface area contributed by atoms with Gasteiger partial charge in [-0.2, -0.15) is 18.4 Å². The van der Waals surface area contributed by atoms with Gasteiger partial charge in [0.05, 0.1) is 28.8 Å². The Hall–Kier alpha value is -3.46. The highest BCUT2D eigenvalue weighted by atomic mass is 32.2. The minimum absolute atomic E-state index is 0.0316. The lowest BCUT2D eigenvalue weighted by Crippen LogP contribution is -2.43. The van der Waals surface area contributed by atoms with E-state index in [1.807, 2.05) is 6.07 Å². The average molecular weight is 512 g/mol. The van der Waals surface area contributed by atoms with Gasteiger partial charge in [0.2, 0.25) is 0 Å². The van der Waals surface area contributed by atoms with Crippen molar-refractivity contribution in [3.05, 3.63) is 48.0 Å². The molecule has 0 radical (unpaired) electrons. The number of carbonyl (C=O) groups excluding carboxylic acids is 1. The second-order valence-electron chi connectivity index (χ2n) is 8.81. The Morgan fingerprint density at radius 1 is 1.23 bits per heavy atom. The van der Waals surface area contributed by atoms with Crippen molar-refractivity contribution in [3.63, 3.8) is 0 Å². The van der Waals surface area contributed by atoms with Crippen LogP contribution in [-0.2, 0) is 20.9 Å². The molecule has 188 valence electrons. The Kier molecular flexibility index (Phi) is 7.21. The summed E-state index contributed by atoms with van der Waals surface area (Å²) in [6, 6.07) is 9.66. The van der Waals surface area contributed by atoms with Crippen molar-refractivity contribution in [2.24, 2.45) is 0 Å². The largest absolute Gasteiger partial charge is 0.486 e. The fourth-order valence-corrected chi connectivity index (χ4v) is 4.92. The number of nitriles is 1. The zero-order chi connectivity index (χ0) is 26.0. The van der Waals surface area contributed by atoms with Gasteiger partial charge in [0.25, 0.3) is 10.0 Å². The number of rotatable bonds is 5. The monoisotopic (exact) mass is 511 g/mol. The molecule has 1 unspecified atom stereocenters. The Bertz CT molecular complexity index is 1250. The third kappa shape index (κ3) is 6.36. The summed E-state index contributed by atoms with van der Waals surface area (Å²) in [5.41, 5.74) is -1.65. The first-order valence-electron chi connectivity index (χ1n) is 10.6. The van der Waals surface area contributed by atoms with Crippen molar-refractivity contribution in [1.82, 2.24) is 0 Å². The van der Waals surface area contributed by atoms with Gasteiger partial charge in [-0.3, -0.25) is 9.62 Å². The van der Waals surface area contributed by atoms with Gasteiger partial charge in [0.1, 0.15) is 17.5 Å². The first kappa shape index (κ1) is 26.2. The van der Waals surface area contributed by atoms with Crippen LogP contribution in [0, 0.1) is 11.3 Å². The van der Waals surface area contributed by atoms with Gasteiger partial charge in [-0.15, -0.1) is 0 Å². The van der Waals surface area contributed by atoms with Gasteiger partial charge in [-0.1, -0.05) is 6.07 Å². The zero-order valence-corrected chi connectivity index (χ0v) is 20.0. The summed E-state index contributed by atoms with van der Waals surface area (Å²) in [5, 5.41) is 11.4. The summed E-state index contributed by atoms with van der Waals surface area (Å²) in [6.45, 7) is 4.80. The van der Waals surface area contributed by atoms with Crippen LogP contribution in [0.5, 0.6) is 5.75 Å². The lowest BCUT2D eigenvalue weighted by Gasteiger charge is -2.35. The maximum atomic E-state index is 13.5. The fraction of sp³-hybridized carbons (Fsp3) is 0.391. The van der Waals surface area contributed by atoms with E-state index >= 15 is 0 Å². The van der Waals surface area contributed by atoms with Gasteiger partial charge in [0.15, 0.2) is 0 Å². The van der Waals surface area contributed by atoms with Crippen LogP contribution < -0.4 is 14.4 Å². The number of amides is 1. The number of ether oxygens (including phenoxy) is 2. The van der Waals surface area contributed by atoms with Gasteiger partial charge >= 0.3 is 12.3 Å². The molecule has 2 aromatic carbocycles. The summed E-state index contributed by atoms with van der Waals surface area (Å²) < 4.78 is 78.6. The highest BCUT2D eigenvalue weighted by Crippen LogP contribution is 2.40. The molecule has 0 spiro atoms. The number of hydrogen-bond acceptors (Lipinski definition) is 6. The van der Waals surface area contributed by atoms with E-state index in [1.54, 1.807) is 20.8 Å². The predicted molar refractivity (Wildman–Crippen MR) is 122 cm³/mol. The summed E-state index contributed by atoms with van der Waals surface area (Å²) in [5.74, 6) is 0.143. The van der Waals surface area contributed by atoms with Gasteiger partial charge in [-0.25, -0.2) is 13.2 Å². The molecule has 1 aliphatic rings. The Balaban J connectivity index is 2.03. The summed E-state index contributed by atoms with van der Waals surface area (Å²) in [6.07, 6.45) is -5.90. The molecule has 8 nitrogen and oxygen atoms in total. The Morgan fingerprint density at radius 2 is 1.94 bits per heavy atom. The van der Waals surface area contributed by atoms with Crippen LogP contribution in [0.3, 0.4) is 0 Å². The lowest BCUT2D eigenvalue weighted by atomic mass is 10.1. The van der Waals surface area contributed by atoms with E-state index in [9.17, 15) is 26.4 Å². The molecule has 2 aromatic rings. The number of halogens is 3. The smallest absolute Gasteiger partial charge is 0.416 e. The van der Waals surface area contributed by atoms with Crippen LogP contribution in [0.4, 0.5) is 29.3 Å². The minimum Gasteiger partial charge on any atom is -0.486 e. The number of nitrogens with one attached hydrogen (secondary N) is 1. The Morgan fingerprint density at radius 3 is 2.57 bits per heavy atom. The lowest BCUT2D eigenvalue weighted by molar-refractivity contribution is -0.137. The molecule has 0 saturated carbocycles. The van der Waals surface area contributed by atoms with Crippen LogP contribution in [0.15, 0.2) is 47.4 Å². The predicted octanol–water partition coefficient (Wildman–Crippen LogP) is 5.31. The van der Waals surface area contributed by atoms with Gasteiger partial charge in [-0.05, 0) is 63.6 Å². The number of benzene rings is 2. The number of fused-ring (bicyclic) bond motifs is 1. The number of nitrogens with zero attached hydrogens (tertiary/aromatic N) is 2. The summed E-state index contributed by atoms with van der Waals surface area (Å²) in [7, 11) is -4.46. The topological polar surface area (TPSA) is 109 Å². The maximum Gasteiger partial charge on any atom is 0.416 e. The molecule has 3 rings (SSSR count). The van der Waals surface area contributed by atoms with Crippen molar-refractivity contribution < 1.29 is 35.9 Å². The van der Waals surface area contributed by atoms with Crippen LogP contribution in [-0.4, -0.2) is 32.8 Å². The third-order valence-electron chi connectivity index (χ3n) is 4.86. The molecule has 0 bridgehead atoms. The normalized spacial score (nSPS) is 16.0. The summed E-state index contributed by atoms with van der Waals surface area (Å²) >= 11 is 0. The van der Waals surface area contributed by atoms with E-state index in [-0.39, 0.29) is 36.5 Å². The molecule has 12 heteroatoms. The van der Waals surface area contributed by atoms with Crippen molar-refractivity contribution in [2.75, 3.05) is 16.2 Å². The van der Waals surface area contributed by atoms with E-state index in [0.717, 1.165) is 22.5 Å². The molecule has 1 amide bonds. The SMILES string of the molecule is CC(C)(C)OC(=O)Nc1ccc2c(c1)N(S(=O)(=O)c1cccc(C(F)(F)F)c1)CC(CCC#N)O2. The molecule has 1 heterocycles. The average Bonchev–Trinajstić information content (AvgIpc) is 2.75. The fourth-order valence-electron chi connectivity index (χ4n) is 3.37. The molecular formula is C23H24F3N3O5S.